The Bertz CT molecular complexity index is 609. The van der Waals surface area contributed by atoms with Crippen LogP contribution in [-0.4, -0.2) is 0 Å². The fourth-order valence-corrected chi connectivity index (χ4v) is 2.39. The van der Waals surface area contributed by atoms with E-state index < -0.39 is 17.7 Å². The van der Waals surface area contributed by atoms with E-state index in [0.29, 0.717) is 12.0 Å². The quantitative estimate of drug-likeness (QED) is 0.652. The highest BCUT2D eigenvalue weighted by molar-refractivity contribution is 5.31. The molecule has 2 aromatic rings. The average Bonchev–Trinajstić information content (AvgIpc) is 2.51. The van der Waals surface area contributed by atoms with E-state index in [1.165, 1.54) is 17.7 Å². The summed E-state index contributed by atoms with van der Waals surface area (Å²) in [6, 6.07) is 10.1. The highest BCUT2D eigenvalue weighted by Gasteiger charge is 2.21. The standard InChI is InChI=1S/C17H20F2N2/c1-3-12-5-7-13(8-6-12)10-15(21-20)16-14(18)9-4-11(2)17(16)19/h4-9,15,21H,3,10,20H2,1-2H3. The van der Waals surface area contributed by atoms with E-state index in [4.69, 9.17) is 5.84 Å². The normalized spacial score (nSPS) is 12.4. The Labute approximate surface area is 124 Å². The first-order valence-corrected chi connectivity index (χ1v) is 7.05. The lowest BCUT2D eigenvalue weighted by Crippen LogP contribution is -2.31. The van der Waals surface area contributed by atoms with Gasteiger partial charge in [-0.2, -0.15) is 0 Å². The first kappa shape index (κ1) is 15.6. The summed E-state index contributed by atoms with van der Waals surface area (Å²) in [7, 11) is 0. The molecule has 0 aliphatic heterocycles. The molecule has 2 rings (SSSR count). The van der Waals surface area contributed by atoms with Crippen LogP contribution in [0.5, 0.6) is 0 Å². The van der Waals surface area contributed by atoms with Crippen molar-refractivity contribution in [2.75, 3.05) is 0 Å². The van der Waals surface area contributed by atoms with Crippen LogP contribution in [0.3, 0.4) is 0 Å². The third-order valence-corrected chi connectivity index (χ3v) is 3.74. The molecular formula is C17H20F2N2. The van der Waals surface area contributed by atoms with Gasteiger partial charge in [-0.3, -0.25) is 11.3 Å². The van der Waals surface area contributed by atoms with E-state index in [2.05, 4.69) is 12.3 Å². The number of hydrogen-bond acceptors (Lipinski definition) is 2. The Kier molecular flexibility index (Phi) is 5.04. The summed E-state index contributed by atoms with van der Waals surface area (Å²) < 4.78 is 28.1. The molecule has 3 N–H and O–H groups in total. The highest BCUT2D eigenvalue weighted by atomic mass is 19.1. The van der Waals surface area contributed by atoms with Gasteiger partial charge in [-0.15, -0.1) is 0 Å². The minimum Gasteiger partial charge on any atom is -0.271 e. The van der Waals surface area contributed by atoms with Crippen molar-refractivity contribution in [1.82, 2.24) is 5.43 Å². The molecule has 0 fully saturated rings. The van der Waals surface area contributed by atoms with Crippen molar-refractivity contribution in [2.24, 2.45) is 5.84 Å². The first-order chi connectivity index (χ1) is 10.1. The lowest BCUT2D eigenvalue weighted by molar-refractivity contribution is 0.470. The molecule has 0 bridgehead atoms. The summed E-state index contributed by atoms with van der Waals surface area (Å²) >= 11 is 0. The maximum absolute atomic E-state index is 14.2. The molecule has 1 unspecified atom stereocenters. The predicted molar refractivity (Wildman–Crippen MR) is 80.7 cm³/mol. The van der Waals surface area contributed by atoms with Crippen molar-refractivity contribution in [3.8, 4) is 0 Å². The molecule has 0 saturated carbocycles. The monoisotopic (exact) mass is 290 g/mol. The van der Waals surface area contributed by atoms with Crippen LogP contribution >= 0.6 is 0 Å². The molecule has 2 aromatic carbocycles. The molecule has 21 heavy (non-hydrogen) atoms. The van der Waals surface area contributed by atoms with Crippen molar-refractivity contribution >= 4 is 0 Å². The van der Waals surface area contributed by atoms with E-state index in [1.807, 2.05) is 24.3 Å². The minimum absolute atomic E-state index is 0.00271. The lowest BCUT2D eigenvalue weighted by atomic mass is 9.96. The molecule has 0 aliphatic carbocycles. The zero-order chi connectivity index (χ0) is 15.4. The number of nitrogens with one attached hydrogen (secondary N) is 1. The average molecular weight is 290 g/mol. The van der Waals surface area contributed by atoms with Crippen molar-refractivity contribution < 1.29 is 8.78 Å². The second kappa shape index (κ2) is 6.78. The SMILES string of the molecule is CCc1ccc(CC(NN)c2c(F)ccc(C)c2F)cc1. The fraction of sp³-hybridized carbons (Fsp3) is 0.294. The van der Waals surface area contributed by atoms with Crippen LogP contribution in [0.25, 0.3) is 0 Å². The summed E-state index contributed by atoms with van der Waals surface area (Å²) in [6.07, 6.45) is 1.39. The van der Waals surface area contributed by atoms with E-state index in [-0.39, 0.29) is 5.56 Å². The van der Waals surface area contributed by atoms with E-state index in [9.17, 15) is 8.78 Å². The molecule has 0 radical (unpaired) electrons. The van der Waals surface area contributed by atoms with Crippen LogP contribution in [0.4, 0.5) is 8.78 Å². The van der Waals surface area contributed by atoms with E-state index in [0.717, 1.165) is 12.0 Å². The Hall–Kier alpha value is -1.78. The summed E-state index contributed by atoms with van der Waals surface area (Å²) in [5, 5.41) is 0. The predicted octanol–water partition coefficient (Wildman–Crippen LogP) is 3.58. The van der Waals surface area contributed by atoms with Crippen molar-refractivity contribution in [1.29, 1.82) is 0 Å². The van der Waals surface area contributed by atoms with Gasteiger partial charge in [-0.1, -0.05) is 37.3 Å². The molecule has 0 aromatic heterocycles. The Morgan fingerprint density at radius 1 is 1.05 bits per heavy atom. The molecule has 112 valence electrons. The molecule has 0 heterocycles. The second-order valence-corrected chi connectivity index (χ2v) is 5.19. The minimum atomic E-state index is -0.600. The zero-order valence-corrected chi connectivity index (χ0v) is 12.3. The van der Waals surface area contributed by atoms with E-state index >= 15 is 0 Å². The van der Waals surface area contributed by atoms with Crippen LogP contribution in [-0.2, 0) is 12.8 Å². The van der Waals surface area contributed by atoms with Crippen LogP contribution in [0, 0.1) is 18.6 Å². The van der Waals surface area contributed by atoms with Gasteiger partial charge in [-0.05, 0) is 42.5 Å². The second-order valence-electron chi connectivity index (χ2n) is 5.19. The number of halogens is 2. The number of benzene rings is 2. The van der Waals surface area contributed by atoms with Gasteiger partial charge < -0.3 is 0 Å². The number of hydrogen-bond donors (Lipinski definition) is 2. The van der Waals surface area contributed by atoms with Gasteiger partial charge in [0.2, 0.25) is 0 Å². The molecule has 0 aliphatic rings. The van der Waals surface area contributed by atoms with E-state index in [1.54, 1.807) is 6.92 Å². The number of rotatable bonds is 5. The number of hydrazine groups is 1. The van der Waals surface area contributed by atoms with Crippen LogP contribution in [0.15, 0.2) is 36.4 Å². The Morgan fingerprint density at radius 2 is 1.67 bits per heavy atom. The van der Waals surface area contributed by atoms with Gasteiger partial charge in [0.15, 0.2) is 0 Å². The molecule has 4 heteroatoms. The lowest BCUT2D eigenvalue weighted by Gasteiger charge is -2.19. The Balaban J connectivity index is 2.29. The topological polar surface area (TPSA) is 38.0 Å². The highest BCUT2D eigenvalue weighted by Crippen LogP contribution is 2.25. The van der Waals surface area contributed by atoms with Crippen molar-refractivity contribution in [2.45, 2.75) is 32.7 Å². The molecule has 0 amide bonds. The number of aryl methyl sites for hydroxylation is 2. The molecule has 0 spiro atoms. The first-order valence-electron chi connectivity index (χ1n) is 7.05. The molecular weight excluding hydrogens is 270 g/mol. The van der Waals surface area contributed by atoms with Gasteiger partial charge in [0.25, 0.3) is 0 Å². The van der Waals surface area contributed by atoms with Crippen molar-refractivity contribution in [3.05, 3.63) is 70.3 Å². The summed E-state index contributed by atoms with van der Waals surface area (Å²) in [4.78, 5) is 0. The zero-order valence-electron chi connectivity index (χ0n) is 12.3. The fourth-order valence-electron chi connectivity index (χ4n) is 2.39. The maximum atomic E-state index is 14.2. The summed E-state index contributed by atoms with van der Waals surface area (Å²) in [5.41, 5.74) is 5.14. The van der Waals surface area contributed by atoms with Crippen LogP contribution in [0.1, 0.15) is 35.2 Å². The van der Waals surface area contributed by atoms with Gasteiger partial charge >= 0.3 is 0 Å². The number of nitrogens with two attached hydrogens (primary N) is 1. The van der Waals surface area contributed by atoms with Gasteiger partial charge in [0.1, 0.15) is 11.6 Å². The van der Waals surface area contributed by atoms with Crippen LogP contribution in [0.2, 0.25) is 0 Å². The smallest absolute Gasteiger partial charge is 0.133 e. The van der Waals surface area contributed by atoms with Gasteiger partial charge in [-0.25, -0.2) is 8.78 Å². The molecule has 1 atom stereocenters. The summed E-state index contributed by atoms with van der Waals surface area (Å²) in [5.74, 6) is 4.40. The van der Waals surface area contributed by atoms with Crippen LogP contribution < -0.4 is 11.3 Å². The molecule has 2 nitrogen and oxygen atoms in total. The molecule has 0 saturated heterocycles. The third kappa shape index (κ3) is 3.46. The maximum Gasteiger partial charge on any atom is 0.133 e. The largest absolute Gasteiger partial charge is 0.271 e. The van der Waals surface area contributed by atoms with Crippen molar-refractivity contribution in [3.63, 3.8) is 0 Å². The summed E-state index contributed by atoms with van der Waals surface area (Å²) in [6.45, 7) is 3.69. The van der Waals surface area contributed by atoms with Gasteiger partial charge in [0, 0.05) is 5.56 Å². The Morgan fingerprint density at radius 3 is 2.24 bits per heavy atom. The van der Waals surface area contributed by atoms with Gasteiger partial charge in [0.05, 0.1) is 6.04 Å². The third-order valence-electron chi connectivity index (χ3n) is 3.74.